The van der Waals surface area contributed by atoms with E-state index in [1.54, 1.807) is 30.6 Å². The molecule has 1 aromatic rings. The molecule has 0 unspecified atom stereocenters. The third kappa shape index (κ3) is 2.36. The largest absolute Gasteiger partial charge is 0.286 e. The third-order valence-corrected chi connectivity index (χ3v) is 2.03. The number of allylic oxidation sites excluding steroid dienone is 1. The second-order valence-corrected chi connectivity index (χ2v) is 2.94. The zero-order valence-corrected chi connectivity index (χ0v) is 7.56. The van der Waals surface area contributed by atoms with Crippen LogP contribution in [0.5, 0.6) is 0 Å². The van der Waals surface area contributed by atoms with Gasteiger partial charge >= 0.3 is 0 Å². The van der Waals surface area contributed by atoms with Gasteiger partial charge in [-0.3, -0.25) is 4.79 Å². The average molecular weight is 200 g/mol. The van der Waals surface area contributed by atoms with Gasteiger partial charge in [-0.05, 0) is 23.8 Å². The van der Waals surface area contributed by atoms with Crippen LogP contribution < -0.4 is 0 Å². The summed E-state index contributed by atoms with van der Waals surface area (Å²) in [5.41, 5.74) is 0.827. The van der Waals surface area contributed by atoms with E-state index < -0.39 is 0 Å². The molecule has 0 atom stereocenters. The van der Waals surface area contributed by atoms with Crippen molar-refractivity contribution in [3.63, 3.8) is 0 Å². The summed E-state index contributed by atoms with van der Waals surface area (Å²) in [6.45, 7) is 0. The first-order chi connectivity index (χ1) is 5.74. The lowest BCUT2D eigenvalue weighted by Gasteiger charge is -1.95. The molecule has 1 radical (unpaired) electrons. The van der Waals surface area contributed by atoms with Crippen LogP contribution in [0.4, 0.5) is 0 Å². The smallest absolute Gasteiger partial charge is 0.225 e. The predicted molar refractivity (Wildman–Crippen MR) is 51.2 cm³/mol. The average Bonchev–Trinajstić information content (AvgIpc) is 2.07. The maximum Gasteiger partial charge on any atom is 0.225 e. The lowest BCUT2D eigenvalue weighted by molar-refractivity contribution is 0.564. The molecule has 0 N–H and O–H groups in total. The van der Waals surface area contributed by atoms with Gasteiger partial charge in [-0.2, -0.15) is 0 Å². The number of carbonyl (C=O) groups excluding carboxylic acids is 1. The van der Waals surface area contributed by atoms with Crippen LogP contribution >= 0.6 is 23.2 Å². The summed E-state index contributed by atoms with van der Waals surface area (Å²) in [5, 5.41) is 0.980. The lowest BCUT2D eigenvalue weighted by Crippen LogP contribution is -1.73. The van der Waals surface area contributed by atoms with Crippen LogP contribution in [0, 0.1) is 0 Å². The molecule has 1 rings (SSSR count). The highest BCUT2D eigenvalue weighted by Gasteiger charge is 1.95. The van der Waals surface area contributed by atoms with Crippen molar-refractivity contribution >= 4 is 35.6 Å². The molecule has 0 aliphatic carbocycles. The Bertz CT molecular complexity index is 318. The van der Waals surface area contributed by atoms with Gasteiger partial charge in [0.05, 0.1) is 10.0 Å². The third-order valence-electron chi connectivity index (χ3n) is 1.29. The van der Waals surface area contributed by atoms with Crippen molar-refractivity contribution < 1.29 is 4.79 Å². The van der Waals surface area contributed by atoms with Crippen molar-refractivity contribution in [1.29, 1.82) is 0 Å². The highest BCUT2D eigenvalue weighted by atomic mass is 35.5. The Hall–Kier alpha value is -0.790. The zero-order chi connectivity index (χ0) is 8.97. The maximum absolute atomic E-state index is 9.86. The van der Waals surface area contributed by atoms with Gasteiger partial charge in [-0.15, -0.1) is 0 Å². The highest BCUT2D eigenvalue weighted by Crippen LogP contribution is 2.22. The van der Waals surface area contributed by atoms with E-state index in [1.807, 2.05) is 0 Å². The molecule has 0 saturated carbocycles. The van der Waals surface area contributed by atoms with E-state index in [-0.39, 0.29) is 0 Å². The molecule has 0 bridgehead atoms. The molecule has 0 spiro atoms. The van der Waals surface area contributed by atoms with Gasteiger partial charge in [-0.1, -0.05) is 35.3 Å². The number of halogens is 2. The number of rotatable bonds is 2. The van der Waals surface area contributed by atoms with E-state index in [0.717, 1.165) is 5.56 Å². The first-order valence-corrected chi connectivity index (χ1v) is 3.99. The van der Waals surface area contributed by atoms with Crippen molar-refractivity contribution in [2.45, 2.75) is 0 Å². The summed E-state index contributed by atoms with van der Waals surface area (Å²) in [7, 11) is 0. The quantitative estimate of drug-likeness (QED) is 0.670. The van der Waals surface area contributed by atoms with Crippen LogP contribution in [0.1, 0.15) is 5.56 Å². The van der Waals surface area contributed by atoms with Crippen molar-refractivity contribution in [2.24, 2.45) is 0 Å². The minimum atomic E-state index is 0.477. The summed E-state index contributed by atoms with van der Waals surface area (Å²) < 4.78 is 0. The topological polar surface area (TPSA) is 17.1 Å². The van der Waals surface area contributed by atoms with Gasteiger partial charge in [0.15, 0.2) is 0 Å². The molecule has 0 heterocycles. The Balaban J connectivity index is 2.96. The molecule has 0 aliphatic heterocycles. The standard InChI is InChI=1S/C9H5Cl2O/c10-8-4-3-7(2-1-5-12)6-9(8)11/h1-4,6H. The number of benzene rings is 1. The van der Waals surface area contributed by atoms with Crippen LogP contribution in [0.15, 0.2) is 24.3 Å². The van der Waals surface area contributed by atoms with Gasteiger partial charge in [0, 0.05) is 0 Å². The lowest BCUT2D eigenvalue weighted by atomic mass is 10.2. The molecule has 3 heteroatoms. The summed E-state index contributed by atoms with van der Waals surface area (Å²) >= 11 is 11.4. The Kier molecular flexibility index (Phi) is 3.32. The molecule has 1 aromatic carbocycles. The van der Waals surface area contributed by atoms with Crippen molar-refractivity contribution in [2.75, 3.05) is 0 Å². The summed E-state index contributed by atoms with van der Waals surface area (Å²) in [6, 6.07) is 5.12. The fourth-order valence-corrected chi connectivity index (χ4v) is 1.05. The SMILES string of the molecule is O=[C]C=Cc1ccc(Cl)c(Cl)c1. The molecular formula is C9H5Cl2O. The Morgan fingerprint density at radius 1 is 1.25 bits per heavy atom. The van der Waals surface area contributed by atoms with Gasteiger partial charge in [0.1, 0.15) is 0 Å². The minimum Gasteiger partial charge on any atom is -0.286 e. The molecule has 0 aliphatic rings. The second-order valence-electron chi connectivity index (χ2n) is 2.12. The summed E-state index contributed by atoms with van der Waals surface area (Å²) in [5.74, 6) is 0. The monoisotopic (exact) mass is 199 g/mol. The van der Waals surface area contributed by atoms with Crippen LogP contribution in [0.25, 0.3) is 6.08 Å². The van der Waals surface area contributed by atoms with E-state index in [9.17, 15) is 4.79 Å². The fraction of sp³-hybridized carbons (Fsp3) is 0. The minimum absolute atomic E-state index is 0.477. The highest BCUT2D eigenvalue weighted by molar-refractivity contribution is 6.42. The molecule has 0 aromatic heterocycles. The molecule has 12 heavy (non-hydrogen) atoms. The van der Waals surface area contributed by atoms with Crippen LogP contribution in [0.3, 0.4) is 0 Å². The van der Waals surface area contributed by atoms with Crippen LogP contribution in [-0.4, -0.2) is 6.29 Å². The van der Waals surface area contributed by atoms with Crippen molar-refractivity contribution in [1.82, 2.24) is 0 Å². The fourth-order valence-electron chi connectivity index (χ4n) is 0.746. The van der Waals surface area contributed by atoms with E-state index in [1.165, 1.54) is 6.08 Å². The van der Waals surface area contributed by atoms with E-state index in [0.29, 0.717) is 10.0 Å². The first kappa shape index (κ1) is 9.30. The Labute approximate surface area is 80.6 Å². The maximum atomic E-state index is 9.86. The number of hydrogen-bond acceptors (Lipinski definition) is 1. The van der Waals surface area contributed by atoms with Crippen molar-refractivity contribution in [3.05, 3.63) is 39.9 Å². The Morgan fingerprint density at radius 2 is 2.00 bits per heavy atom. The van der Waals surface area contributed by atoms with Crippen molar-refractivity contribution in [3.8, 4) is 0 Å². The van der Waals surface area contributed by atoms with Gasteiger partial charge in [0.25, 0.3) is 0 Å². The molecule has 1 nitrogen and oxygen atoms in total. The van der Waals surface area contributed by atoms with Gasteiger partial charge in [0.2, 0.25) is 6.29 Å². The van der Waals surface area contributed by atoms with Crippen LogP contribution in [-0.2, 0) is 4.79 Å². The number of hydrogen-bond donors (Lipinski definition) is 0. The normalized spacial score (nSPS) is 10.5. The molecule has 0 amide bonds. The summed E-state index contributed by atoms with van der Waals surface area (Å²) in [4.78, 5) is 9.86. The Morgan fingerprint density at radius 3 is 2.58 bits per heavy atom. The van der Waals surface area contributed by atoms with E-state index in [2.05, 4.69) is 0 Å². The van der Waals surface area contributed by atoms with E-state index >= 15 is 0 Å². The zero-order valence-electron chi connectivity index (χ0n) is 6.05. The van der Waals surface area contributed by atoms with Crippen LogP contribution in [0.2, 0.25) is 10.0 Å². The first-order valence-electron chi connectivity index (χ1n) is 3.23. The second kappa shape index (κ2) is 4.29. The molecular weight excluding hydrogens is 195 g/mol. The molecule has 61 valence electrons. The molecule has 0 saturated heterocycles. The predicted octanol–water partition coefficient (Wildman–Crippen LogP) is 3.12. The molecule has 0 fully saturated rings. The van der Waals surface area contributed by atoms with Gasteiger partial charge in [-0.25, -0.2) is 0 Å². The summed E-state index contributed by atoms with van der Waals surface area (Å²) in [6.07, 6.45) is 4.53. The van der Waals surface area contributed by atoms with Gasteiger partial charge < -0.3 is 0 Å². The van der Waals surface area contributed by atoms with E-state index in [4.69, 9.17) is 23.2 Å².